The van der Waals surface area contributed by atoms with E-state index in [2.05, 4.69) is 11.4 Å². The second-order valence-corrected chi connectivity index (χ2v) is 6.33. The molecule has 0 aliphatic carbocycles. The fourth-order valence-electron chi connectivity index (χ4n) is 2.28. The number of hydrogen-bond donors (Lipinski definition) is 1. The van der Waals surface area contributed by atoms with Crippen molar-refractivity contribution in [1.82, 2.24) is 0 Å². The first-order valence-electron chi connectivity index (χ1n) is 7.59. The van der Waals surface area contributed by atoms with Crippen LogP contribution in [0.4, 0.5) is 5.69 Å². The van der Waals surface area contributed by atoms with E-state index in [4.69, 9.17) is 16.3 Å². The van der Waals surface area contributed by atoms with Crippen LogP contribution >= 0.6 is 11.6 Å². The third-order valence-corrected chi connectivity index (χ3v) is 4.28. The minimum Gasteiger partial charge on any atom is -0.481 e. The summed E-state index contributed by atoms with van der Waals surface area (Å²) in [6.07, 6.45) is -0.602. The Bertz CT molecular complexity index is 740. The minimum atomic E-state index is -0.602. The molecule has 4 heteroatoms. The van der Waals surface area contributed by atoms with Gasteiger partial charge in [0.25, 0.3) is 5.91 Å². The Morgan fingerprint density at radius 1 is 1.09 bits per heavy atom. The lowest BCUT2D eigenvalue weighted by Gasteiger charge is -2.18. The predicted octanol–water partition coefficient (Wildman–Crippen LogP) is 4.98. The van der Waals surface area contributed by atoms with Gasteiger partial charge in [-0.15, -0.1) is 0 Å². The highest BCUT2D eigenvalue weighted by atomic mass is 35.5. The highest BCUT2D eigenvalue weighted by molar-refractivity contribution is 6.31. The summed E-state index contributed by atoms with van der Waals surface area (Å²) in [5, 5.41) is 3.46. The summed E-state index contributed by atoms with van der Waals surface area (Å²) in [6.45, 7) is 9.70. The zero-order chi connectivity index (χ0) is 17.1. The van der Waals surface area contributed by atoms with Crippen molar-refractivity contribution >= 4 is 23.2 Å². The van der Waals surface area contributed by atoms with Crippen LogP contribution in [-0.2, 0) is 4.79 Å². The van der Waals surface area contributed by atoms with Crippen LogP contribution in [0.1, 0.15) is 29.2 Å². The van der Waals surface area contributed by atoms with Crippen molar-refractivity contribution in [3.8, 4) is 5.75 Å². The van der Waals surface area contributed by atoms with Crippen molar-refractivity contribution < 1.29 is 9.53 Å². The van der Waals surface area contributed by atoms with E-state index in [9.17, 15) is 4.79 Å². The molecule has 1 amide bonds. The molecule has 0 radical (unpaired) electrons. The number of carbonyl (C=O) groups excluding carboxylic acids is 1. The molecule has 0 unspecified atom stereocenters. The first-order chi connectivity index (χ1) is 10.8. The Morgan fingerprint density at radius 3 is 2.43 bits per heavy atom. The lowest BCUT2D eigenvalue weighted by molar-refractivity contribution is -0.122. The fourth-order valence-corrected chi connectivity index (χ4v) is 2.46. The molecule has 0 aliphatic rings. The van der Waals surface area contributed by atoms with Gasteiger partial charge in [0.1, 0.15) is 5.75 Å². The molecule has 2 rings (SSSR count). The summed E-state index contributed by atoms with van der Waals surface area (Å²) in [4.78, 5) is 12.3. The van der Waals surface area contributed by atoms with E-state index in [1.807, 2.05) is 45.9 Å². The Morgan fingerprint density at radius 2 is 1.78 bits per heavy atom. The highest BCUT2D eigenvalue weighted by Crippen LogP contribution is 2.25. The van der Waals surface area contributed by atoms with Crippen molar-refractivity contribution in [2.75, 3.05) is 5.32 Å². The van der Waals surface area contributed by atoms with Crippen LogP contribution in [0.3, 0.4) is 0 Å². The normalized spacial score (nSPS) is 11.9. The van der Waals surface area contributed by atoms with E-state index in [1.165, 1.54) is 0 Å². The number of carbonyl (C=O) groups is 1. The molecule has 1 atom stereocenters. The van der Waals surface area contributed by atoms with Crippen molar-refractivity contribution in [1.29, 1.82) is 0 Å². The Hall–Kier alpha value is -2.00. The number of hydrogen-bond acceptors (Lipinski definition) is 2. The van der Waals surface area contributed by atoms with E-state index in [-0.39, 0.29) is 5.91 Å². The summed E-state index contributed by atoms with van der Waals surface area (Å²) in [5.74, 6) is 0.538. The van der Waals surface area contributed by atoms with Crippen molar-refractivity contribution in [2.24, 2.45) is 0 Å². The van der Waals surface area contributed by atoms with Gasteiger partial charge in [-0.3, -0.25) is 4.79 Å². The lowest BCUT2D eigenvalue weighted by atomic mass is 10.1. The Kier molecular flexibility index (Phi) is 5.32. The number of anilines is 1. The maximum absolute atomic E-state index is 12.3. The standard InChI is InChI=1S/C19H22ClNO2/c1-11-8-13(3)14(4)18(9-11)23-15(5)19(22)21-16-7-6-12(2)17(20)10-16/h6-10,15H,1-5H3,(H,21,22)/t15-/m1/s1. The van der Waals surface area contributed by atoms with Gasteiger partial charge in [-0.05, 0) is 75.1 Å². The summed E-state index contributed by atoms with van der Waals surface area (Å²) in [5.41, 5.74) is 4.95. The number of rotatable bonds is 4. The summed E-state index contributed by atoms with van der Waals surface area (Å²) in [7, 11) is 0. The van der Waals surface area contributed by atoms with Crippen LogP contribution < -0.4 is 10.1 Å². The van der Waals surface area contributed by atoms with Gasteiger partial charge in [0.05, 0.1) is 0 Å². The van der Waals surface area contributed by atoms with Crippen LogP contribution in [0.2, 0.25) is 5.02 Å². The highest BCUT2D eigenvalue weighted by Gasteiger charge is 2.17. The van der Waals surface area contributed by atoms with Gasteiger partial charge < -0.3 is 10.1 Å². The average molecular weight is 332 g/mol. The van der Waals surface area contributed by atoms with Crippen LogP contribution in [0.15, 0.2) is 30.3 Å². The number of nitrogens with one attached hydrogen (secondary N) is 1. The van der Waals surface area contributed by atoms with Crippen LogP contribution in [-0.4, -0.2) is 12.0 Å². The smallest absolute Gasteiger partial charge is 0.265 e. The van der Waals surface area contributed by atoms with Gasteiger partial charge >= 0.3 is 0 Å². The predicted molar refractivity (Wildman–Crippen MR) is 95.6 cm³/mol. The summed E-state index contributed by atoms with van der Waals surface area (Å²) in [6, 6.07) is 9.49. The molecule has 0 aromatic heterocycles. The van der Waals surface area contributed by atoms with Crippen LogP contribution in [0.5, 0.6) is 5.75 Å². The molecule has 122 valence electrons. The number of amides is 1. The molecule has 0 saturated heterocycles. The van der Waals surface area contributed by atoms with Crippen LogP contribution in [0.25, 0.3) is 0 Å². The first-order valence-corrected chi connectivity index (χ1v) is 7.97. The first kappa shape index (κ1) is 17.4. The molecule has 0 saturated carbocycles. The number of ether oxygens (including phenoxy) is 1. The third-order valence-electron chi connectivity index (χ3n) is 3.88. The molecule has 0 heterocycles. The van der Waals surface area contributed by atoms with Gasteiger partial charge in [0.15, 0.2) is 6.10 Å². The number of benzene rings is 2. The van der Waals surface area contributed by atoms with Crippen LogP contribution in [0, 0.1) is 27.7 Å². The quantitative estimate of drug-likeness (QED) is 0.858. The van der Waals surface area contributed by atoms with Gasteiger partial charge in [0.2, 0.25) is 0 Å². The molecule has 0 fully saturated rings. The molecule has 3 nitrogen and oxygen atoms in total. The van der Waals surface area contributed by atoms with Gasteiger partial charge in [0, 0.05) is 10.7 Å². The van der Waals surface area contributed by atoms with Crippen molar-refractivity contribution in [3.63, 3.8) is 0 Å². The molecular formula is C19H22ClNO2. The van der Waals surface area contributed by atoms with Crippen molar-refractivity contribution in [3.05, 3.63) is 57.6 Å². The third kappa shape index (κ3) is 4.26. The lowest BCUT2D eigenvalue weighted by Crippen LogP contribution is -2.30. The summed E-state index contributed by atoms with van der Waals surface area (Å²) < 4.78 is 5.85. The zero-order valence-electron chi connectivity index (χ0n) is 14.2. The second-order valence-electron chi connectivity index (χ2n) is 5.92. The molecule has 1 N–H and O–H groups in total. The number of aryl methyl sites for hydroxylation is 3. The molecular weight excluding hydrogens is 310 g/mol. The monoisotopic (exact) mass is 331 g/mol. The largest absolute Gasteiger partial charge is 0.481 e. The van der Waals surface area contributed by atoms with Crippen molar-refractivity contribution in [2.45, 2.75) is 40.7 Å². The molecule has 23 heavy (non-hydrogen) atoms. The Balaban J connectivity index is 2.10. The van der Waals surface area contributed by atoms with E-state index in [1.54, 1.807) is 13.0 Å². The molecule has 2 aromatic carbocycles. The second kappa shape index (κ2) is 7.05. The number of halogens is 1. The topological polar surface area (TPSA) is 38.3 Å². The van der Waals surface area contributed by atoms with Gasteiger partial charge in [-0.25, -0.2) is 0 Å². The fraction of sp³-hybridized carbons (Fsp3) is 0.316. The van der Waals surface area contributed by atoms with E-state index >= 15 is 0 Å². The molecule has 0 spiro atoms. The minimum absolute atomic E-state index is 0.205. The zero-order valence-corrected chi connectivity index (χ0v) is 14.9. The maximum atomic E-state index is 12.3. The molecule has 0 aliphatic heterocycles. The average Bonchev–Trinajstić information content (AvgIpc) is 2.48. The maximum Gasteiger partial charge on any atom is 0.265 e. The molecule has 0 bridgehead atoms. The molecule has 2 aromatic rings. The van der Waals surface area contributed by atoms with E-state index < -0.39 is 6.10 Å². The van der Waals surface area contributed by atoms with E-state index in [0.29, 0.717) is 10.7 Å². The Labute approximate surface area is 142 Å². The summed E-state index contributed by atoms with van der Waals surface area (Å²) >= 11 is 6.08. The van der Waals surface area contributed by atoms with E-state index in [0.717, 1.165) is 28.0 Å². The van der Waals surface area contributed by atoms with Gasteiger partial charge in [-0.1, -0.05) is 23.7 Å². The van der Waals surface area contributed by atoms with Gasteiger partial charge in [-0.2, -0.15) is 0 Å². The SMILES string of the molecule is Cc1cc(C)c(C)c(O[C@H](C)C(=O)Nc2ccc(C)c(Cl)c2)c1.